The molecule has 0 spiro atoms. The fraction of sp³-hybridized carbons (Fsp3) is 0.412. The van der Waals surface area contributed by atoms with Gasteiger partial charge >= 0.3 is 5.97 Å². The highest BCUT2D eigenvalue weighted by atomic mass is 16.7. The van der Waals surface area contributed by atoms with Crippen LogP contribution in [0.5, 0.6) is 5.75 Å². The van der Waals surface area contributed by atoms with Gasteiger partial charge in [-0.15, -0.1) is 0 Å². The topological polar surface area (TPSA) is 47.9 Å². The highest BCUT2D eigenvalue weighted by Gasteiger charge is 2.27. The monoisotopic (exact) mass is 287 g/mol. The number of ether oxygens (including phenoxy) is 1. The van der Waals surface area contributed by atoms with Gasteiger partial charge in [-0.3, -0.25) is 0 Å². The molecule has 1 aromatic carbocycles. The summed E-state index contributed by atoms with van der Waals surface area (Å²) in [5, 5.41) is 4.11. The second kappa shape index (κ2) is 7.07. The van der Waals surface area contributed by atoms with Crippen LogP contribution in [-0.4, -0.2) is 18.8 Å². The maximum absolute atomic E-state index is 11.1. The molecule has 112 valence electrons. The summed E-state index contributed by atoms with van der Waals surface area (Å²) in [6, 6.07) is 5.91. The van der Waals surface area contributed by atoms with E-state index < -0.39 is 5.97 Å². The molecule has 4 heteroatoms. The van der Waals surface area contributed by atoms with Crippen molar-refractivity contribution in [3.8, 4) is 5.75 Å². The Kier molecular flexibility index (Phi) is 5.14. The van der Waals surface area contributed by atoms with Crippen LogP contribution < -0.4 is 4.74 Å². The Labute approximate surface area is 125 Å². The van der Waals surface area contributed by atoms with Gasteiger partial charge in [0.2, 0.25) is 0 Å². The molecule has 0 radical (unpaired) electrons. The average molecular weight is 287 g/mol. The van der Waals surface area contributed by atoms with E-state index in [0.717, 1.165) is 41.9 Å². The van der Waals surface area contributed by atoms with Crippen LogP contribution in [0.3, 0.4) is 0 Å². The second-order valence-corrected chi connectivity index (χ2v) is 5.09. The number of hydrogen-bond acceptors (Lipinski definition) is 4. The first-order chi connectivity index (χ1) is 10.2. The van der Waals surface area contributed by atoms with Crippen LogP contribution >= 0.6 is 0 Å². The third kappa shape index (κ3) is 3.51. The highest BCUT2D eigenvalue weighted by molar-refractivity contribution is 6.04. The van der Waals surface area contributed by atoms with Gasteiger partial charge in [-0.1, -0.05) is 29.4 Å². The summed E-state index contributed by atoms with van der Waals surface area (Å²) in [6.07, 6.45) is 6.97. The van der Waals surface area contributed by atoms with Crippen molar-refractivity contribution in [2.45, 2.75) is 33.1 Å². The van der Waals surface area contributed by atoms with Crippen molar-refractivity contribution >= 4 is 11.7 Å². The van der Waals surface area contributed by atoms with E-state index in [9.17, 15) is 4.79 Å². The molecule has 0 saturated heterocycles. The Morgan fingerprint density at radius 2 is 2.29 bits per heavy atom. The highest BCUT2D eigenvalue weighted by Crippen LogP contribution is 2.34. The van der Waals surface area contributed by atoms with Gasteiger partial charge in [0.05, 0.1) is 12.8 Å². The van der Waals surface area contributed by atoms with Crippen molar-refractivity contribution < 1.29 is 14.4 Å². The third-order valence-corrected chi connectivity index (χ3v) is 3.69. The van der Waals surface area contributed by atoms with Gasteiger partial charge < -0.3 is 9.57 Å². The molecule has 1 unspecified atom stereocenters. The van der Waals surface area contributed by atoms with Gasteiger partial charge in [0.25, 0.3) is 0 Å². The first-order valence-corrected chi connectivity index (χ1v) is 7.20. The minimum atomic E-state index is -0.401. The summed E-state index contributed by atoms with van der Waals surface area (Å²) in [7, 11) is 1.67. The third-order valence-electron chi connectivity index (χ3n) is 3.69. The Balaban J connectivity index is 2.42. The smallest absolute Gasteiger partial charge is 0.331 e. The predicted octanol–water partition coefficient (Wildman–Crippen LogP) is 3.49. The molecular formula is C17H21NO3. The van der Waals surface area contributed by atoms with E-state index in [0.29, 0.717) is 0 Å². The van der Waals surface area contributed by atoms with E-state index in [1.807, 2.05) is 31.2 Å². The standard InChI is InChI=1S/C17H21NO3/c1-4-5-7-13-10-11-14-15(8-6-9-16(14)20-3)17(13)18-21-12(2)19/h4-6,8-9,13H,7,10-11H2,1-3H3/b5-4+,18-17+. The zero-order valence-corrected chi connectivity index (χ0v) is 12.8. The number of benzene rings is 1. The minimum absolute atomic E-state index is 0.264. The number of hydrogen-bond donors (Lipinski definition) is 0. The number of allylic oxidation sites excluding steroid dienone is 2. The number of carbonyl (C=O) groups excluding carboxylic acids is 1. The number of fused-ring (bicyclic) bond motifs is 1. The van der Waals surface area contributed by atoms with E-state index in [1.165, 1.54) is 6.92 Å². The number of rotatable bonds is 4. The Bertz CT molecular complexity index is 575. The lowest BCUT2D eigenvalue weighted by atomic mass is 9.80. The number of carbonyl (C=O) groups is 1. The van der Waals surface area contributed by atoms with Crippen LogP contribution in [0.4, 0.5) is 0 Å². The molecule has 0 amide bonds. The second-order valence-electron chi connectivity index (χ2n) is 5.09. The zero-order valence-electron chi connectivity index (χ0n) is 12.8. The zero-order chi connectivity index (χ0) is 15.2. The maximum atomic E-state index is 11.1. The molecule has 0 aromatic heterocycles. The normalized spacial score (nSPS) is 19.6. The molecule has 0 bridgehead atoms. The van der Waals surface area contributed by atoms with Crippen LogP contribution in [0.25, 0.3) is 0 Å². The van der Waals surface area contributed by atoms with Crippen LogP contribution in [0, 0.1) is 5.92 Å². The summed E-state index contributed by atoms with van der Waals surface area (Å²) in [6.45, 7) is 3.36. The minimum Gasteiger partial charge on any atom is -0.496 e. The van der Waals surface area contributed by atoms with Gasteiger partial charge in [-0.05, 0) is 32.3 Å². The summed E-state index contributed by atoms with van der Waals surface area (Å²) in [5.41, 5.74) is 3.00. The Hall–Kier alpha value is -2.10. The molecule has 0 heterocycles. The van der Waals surface area contributed by atoms with Crippen LogP contribution in [0.1, 0.15) is 37.8 Å². The average Bonchev–Trinajstić information content (AvgIpc) is 2.50. The van der Waals surface area contributed by atoms with Crippen LogP contribution in [0.2, 0.25) is 0 Å². The van der Waals surface area contributed by atoms with Crippen molar-refractivity contribution in [2.75, 3.05) is 7.11 Å². The number of methoxy groups -OCH3 is 1. The lowest BCUT2D eigenvalue weighted by Crippen LogP contribution is -2.24. The van der Waals surface area contributed by atoms with Crippen LogP contribution in [-0.2, 0) is 16.1 Å². The molecule has 0 saturated carbocycles. The number of nitrogens with zero attached hydrogens (tertiary/aromatic N) is 1. The van der Waals surface area contributed by atoms with Gasteiger partial charge in [0.15, 0.2) is 0 Å². The van der Waals surface area contributed by atoms with Crippen molar-refractivity contribution in [3.05, 3.63) is 41.5 Å². The van der Waals surface area contributed by atoms with Gasteiger partial charge in [0.1, 0.15) is 5.75 Å². The Morgan fingerprint density at radius 1 is 1.48 bits per heavy atom. The summed E-state index contributed by atoms with van der Waals surface area (Å²) >= 11 is 0. The molecular weight excluding hydrogens is 266 g/mol. The lowest BCUT2D eigenvalue weighted by Gasteiger charge is -2.26. The van der Waals surface area contributed by atoms with E-state index in [1.54, 1.807) is 7.11 Å². The molecule has 4 nitrogen and oxygen atoms in total. The molecule has 1 aliphatic rings. The quantitative estimate of drug-likeness (QED) is 0.484. The molecule has 1 aliphatic carbocycles. The van der Waals surface area contributed by atoms with E-state index in [4.69, 9.17) is 9.57 Å². The Morgan fingerprint density at radius 3 is 2.95 bits per heavy atom. The molecule has 0 aliphatic heterocycles. The summed E-state index contributed by atoms with van der Waals surface area (Å²) in [4.78, 5) is 16.0. The molecule has 21 heavy (non-hydrogen) atoms. The predicted molar refractivity (Wildman–Crippen MR) is 82.5 cm³/mol. The molecule has 0 fully saturated rings. The maximum Gasteiger partial charge on any atom is 0.331 e. The van der Waals surface area contributed by atoms with Crippen molar-refractivity contribution in [3.63, 3.8) is 0 Å². The van der Waals surface area contributed by atoms with Gasteiger partial charge in [-0.2, -0.15) is 0 Å². The van der Waals surface area contributed by atoms with Gasteiger partial charge in [-0.25, -0.2) is 4.79 Å². The fourth-order valence-corrected chi connectivity index (χ4v) is 2.70. The molecule has 1 aromatic rings. The van der Waals surface area contributed by atoms with Crippen molar-refractivity contribution in [2.24, 2.45) is 11.1 Å². The van der Waals surface area contributed by atoms with Gasteiger partial charge in [0, 0.05) is 24.0 Å². The largest absolute Gasteiger partial charge is 0.496 e. The molecule has 2 rings (SSSR count). The fourth-order valence-electron chi connectivity index (χ4n) is 2.70. The van der Waals surface area contributed by atoms with E-state index in [-0.39, 0.29) is 5.92 Å². The van der Waals surface area contributed by atoms with E-state index in [2.05, 4.69) is 11.2 Å². The molecule has 0 N–H and O–H groups in total. The van der Waals surface area contributed by atoms with E-state index >= 15 is 0 Å². The van der Waals surface area contributed by atoms with Crippen LogP contribution in [0.15, 0.2) is 35.5 Å². The van der Waals surface area contributed by atoms with Crippen molar-refractivity contribution in [1.29, 1.82) is 0 Å². The number of oxime groups is 1. The first kappa shape index (κ1) is 15.3. The van der Waals surface area contributed by atoms with Crippen molar-refractivity contribution in [1.82, 2.24) is 0 Å². The molecule has 1 atom stereocenters. The lowest BCUT2D eigenvalue weighted by molar-refractivity contribution is -0.140. The summed E-state index contributed by atoms with van der Waals surface area (Å²) in [5.74, 6) is 0.731. The summed E-state index contributed by atoms with van der Waals surface area (Å²) < 4.78 is 5.43. The first-order valence-electron chi connectivity index (χ1n) is 7.20. The SMILES string of the molecule is C/C=C/CC1CCc2c(OC)cccc2/C1=N/OC(C)=O.